The summed E-state index contributed by atoms with van der Waals surface area (Å²) < 4.78 is 5.47. The molecule has 2 aliphatic carbocycles. The van der Waals surface area contributed by atoms with Crippen molar-refractivity contribution >= 4 is 11.9 Å². The van der Waals surface area contributed by atoms with Crippen molar-refractivity contribution in [3.05, 3.63) is 59.7 Å². The molecule has 0 aromatic heterocycles. The molecule has 2 aromatic rings. The highest BCUT2D eigenvalue weighted by atomic mass is 16.5. The Kier molecular flexibility index (Phi) is 5.94. The highest BCUT2D eigenvalue weighted by Crippen LogP contribution is 2.55. The Balaban J connectivity index is 1.56. The fourth-order valence-corrected chi connectivity index (χ4v) is 5.82. The van der Waals surface area contributed by atoms with Gasteiger partial charge in [0.15, 0.2) is 0 Å². The van der Waals surface area contributed by atoms with Crippen molar-refractivity contribution in [2.75, 3.05) is 12.5 Å². The van der Waals surface area contributed by atoms with Gasteiger partial charge in [-0.1, -0.05) is 44.5 Å². The van der Waals surface area contributed by atoms with Crippen LogP contribution < -0.4 is 10.2 Å². The summed E-state index contributed by atoms with van der Waals surface area (Å²) in [5.74, 6) is 3.11. The summed E-state index contributed by atoms with van der Waals surface area (Å²) in [4.78, 5) is 0. The smallest absolute Gasteiger partial charge is 0.119 e. The van der Waals surface area contributed by atoms with Crippen LogP contribution in [0.2, 0.25) is 0 Å². The van der Waals surface area contributed by atoms with Gasteiger partial charge in [-0.3, -0.25) is 5.43 Å². The average molecular weight is 391 g/mol. The Labute approximate surface area is 175 Å². The number of methoxy groups -OCH3 is 1. The van der Waals surface area contributed by atoms with E-state index < -0.39 is 0 Å². The van der Waals surface area contributed by atoms with E-state index in [9.17, 15) is 0 Å². The number of hydrazone groups is 1. The second-order valence-corrected chi connectivity index (χ2v) is 9.05. The van der Waals surface area contributed by atoms with Crippen LogP contribution in [0.15, 0.2) is 53.6 Å². The molecule has 154 valence electrons. The van der Waals surface area contributed by atoms with Crippen molar-refractivity contribution in [1.29, 1.82) is 0 Å². The summed E-state index contributed by atoms with van der Waals surface area (Å²) in [6.45, 7) is 4.76. The van der Waals surface area contributed by atoms with E-state index >= 15 is 0 Å². The molecule has 1 saturated carbocycles. The Hall–Kier alpha value is -2.29. The molecular weight excluding hydrogens is 356 g/mol. The molecule has 3 heteroatoms. The monoisotopic (exact) mass is 390 g/mol. The second kappa shape index (κ2) is 8.61. The van der Waals surface area contributed by atoms with Crippen LogP contribution in [-0.2, 0) is 6.42 Å². The van der Waals surface area contributed by atoms with Crippen LogP contribution in [-0.4, -0.2) is 13.3 Å². The summed E-state index contributed by atoms with van der Waals surface area (Å²) in [7, 11) is 1.76. The number of fused-ring (bicyclic) bond motifs is 3. The third kappa shape index (κ3) is 4.05. The van der Waals surface area contributed by atoms with Gasteiger partial charge in [-0.15, -0.1) is 0 Å². The summed E-state index contributed by atoms with van der Waals surface area (Å²) in [6, 6.07) is 17.0. The van der Waals surface area contributed by atoms with E-state index in [0.717, 1.165) is 17.4 Å². The lowest BCUT2D eigenvalue weighted by molar-refractivity contribution is 0.0783. The zero-order valence-corrected chi connectivity index (χ0v) is 18.0. The molecule has 0 heterocycles. The van der Waals surface area contributed by atoms with Crippen molar-refractivity contribution in [2.45, 2.75) is 58.3 Å². The highest BCUT2D eigenvalue weighted by Gasteiger charge is 2.47. The molecule has 1 fully saturated rings. The topological polar surface area (TPSA) is 33.6 Å². The minimum absolute atomic E-state index is 0.156. The molecule has 4 atom stereocenters. The van der Waals surface area contributed by atoms with E-state index in [4.69, 9.17) is 4.74 Å². The second-order valence-electron chi connectivity index (χ2n) is 9.05. The van der Waals surface area contributed by atoms with E-state index in [2.05, 4.69) is 60.9 Å². The van der Waals surface area contributed by atoms with Crippen LogP contribution in [0.25, 0.3) is 0 Å². The number of anilines is 1. The van der Waals surface area contributed by atoms with Crippen LogP contribution in [0.1, 0.15) is 63.0 Å². The number of nitrogens with zero attached hydrogens (tertiary/aromatic N) is 1. The first-order chi connectivity index (χ1) is 14.1. The van der Waals surface area contributed by atoms with E-state index in [1.165, 1.54) is 44.1 Å². The fourth-order valence-electron chi connectivity index (χ4n) is 5.82. The van der Waals surface area contributed by atoms with Gasteiger partial charge in [-0.25, -0.2) is 0 Å². The minimum atomic E-state index is 0.156. The van der Waals surface area contributed by atoms with Crippen molar-refractivity contribution < 1.29 is 4.74 Å². The molecule has 4 rings (SSSR count). The predicted molar refractivity (Wildman–Crippen MR) is 122 cm³/mol. The maximum atomic E-state index is 5.47. The Morgan fingerprint density at radius 1 is 1.17 bits per heavy atom. The largest absolute Gasteiger partial charge is 0.497 e. The van der Waals surface area contributed by atoms with Gasteiger partial charge < -0.3 is 4.74 Å². The summed E-state index contributed by atoms with van der Waals surface area (Å²) in [5, 5.41) is 4.68. The number of rotatable bonds is 6. The van der Waals surface area contributed by atoms with Crippen molar-refractivity contribution in [3.63, 3.8) is 0 Å². The number of hydrogen-bond acceptors (Lipinski definition) is 3. The highest BCUT2D eigenvalue weighted by molar-refractivity contribution is 5.67. The van der Waals surface area contributed by atoms with E-state index in [0.29, 0.717) is 11.8 Å². The molecular formula is C26H34N2O. The first-order valence-corrected chi connectivity index (χ1v) is 11.2. The molecule has 0 spiro atoms. The zero-order valence-electron chi connectivity index (χ0n) is 18.0. The first-order valence-electron chi connectivity index (χ1n) is 11.2. The van der Waals surface area contributed by atoms with E-state index in [1.54, 1.807) is 12.7 Å². The van der Waals surface area contributed by atoms with Crippen LogP contribution in [0.5, 0.6) is 5.75 Å². The minimum Gasteiger partial charge on any atom is -0.497 e. The molecule has 0 aliphatic heterocycles. The van der Waals surface area contributed by atoms with Crippen LogP contribution in [0, 0.1) is 17.3 Å². The van der Waals surface area contributed by atoms with Gasteiger partial charge in [-0.05, 0) is 85.3 Å². The number of para-hydroxylation sites is 1. The van der Waals surface area contributed by atoms with Gasteiger partial charge >= 0.3 is 0 Å². The molecule has 2 aliphatic rings. The molecule has 1 N–H and O–H groups in total. The number of aryl methyl sites for hydroxylation is 1. The maximum Gasteiger partial charge on any atom is 0.119 e. The molecule has 0 amide bonds. The van der Waals surface area contributed by atoms with Crippen LogP contribution >= 0.6 is 0 Å². The first kappa shape index (κ1) is 20.0. The third-order valence-corrected chi connectivity index (χ3v) is 7.30. The number of nitrogens with one attached hydrogen (secondary N) is 1. The number of ether oxygens (including phenoxy) is 1. The molecule has 0 bridgehead atoms. The quantitative estimate of drug-likeness (QED) is 0.442. The lowest BCUT2D eigenvalue weighted by Crippen LogP contribution is -2.43. The van der Waals surface area contributed by atoms with Gasteiger partial charge in [0, 0.05) is 11.6 Å². The number of benzene rings is 2. The maximum absolute atomic E-state index is 5.47. The fraction of sp³-hybridized carbons (Fsp3) is 0.500. The van der Waals surface area contributed by atoms with Gasteiger partial charge in [-0.2, -0.15) is 5.10 Å². The summed E-state index contributed by atoms with van der Waals surface area (Å²) in [6.07, 6.45) is 9.64. The Morgan fingerprint density at radius 3 is 2.76 bits per heavy atom. The molecule has 0 unspecified atom stereocenters. The van der Waals surface area contributed by atoms with Gasteiger partial charge in [0.2, 0.25) is 0 Å². The average Bonchev–Trinajstić information content (AvgIpc) is 2.76. The SMILES string of the molecule is CCC[C@H]1[C@@H]2CCc3cc(OC)ccc3[C@H]2CC[C@]1(C)/C=N/Nc1ccccc1. The molecule has 0 radical (unpaired) electrons. The zero-order chi connectivity index (χ0) is 20.3. The van der Waals surface area contributed by atoms with E-state index in [1.807, 2.05) is 18.2 Å². The van der Waals surface area contributed by atoms with Gasteiger partial charge in [0.25, 0.3) is 0 Å². The third-order valence-electron chi connectivity index (χ3n) is 7.30. The summed E-state index contributed by atoms with van der Waals surface area (Å²) >= 11 is 0. The Morgan fingerprint density at radius 2 is 2.00 bits per heavy atom. The molecule has 2 aromatic carbocycles. The lowest BCUT2D eigenvalue weighted by atomic mass is 9.54. The Bertz CT molecular complexity index is 847. The lowest BCUT2D eigenvalue weighted by Gasteiger charge is -2.50. The predicted octanol–water partition coefficient (Wildman–Crippen LogP) is 6.66. The van der Waals surface area contributed by atoms with E-state index in [-0.39, 0.29) is 5.41 Å². The molecule has 0 saturated heterocycles. The molecule has 3 nitrogen and oxygen atoms in total. The van der Waals surface area contributed by atoms with Crippen molar-refractivity contribution in [2.24, 2.45) is 22.4 Å². The molecule has 29 heavy (non-hydrogen) atoms. The standard InChI is InChI=1S/C26H34N2O/c1-4-8-25-24-13-11-19-17-21(29-3)12-14-22(19)23(24)15-16-26(25,2)18-27-28-20-9-6-5-7-10-20/h5-7,9-10,12,14,17-18,23-25,28H,4,8,11,13,15-16H2,1-3H3/b27-18+/t23-,24-,25+,26-/m1/s1. The normalized spacial score (nSPS) is 28.6. The van der Waals surface area contributed by atoms with Crippen LogP contribution in [0.3, 0.4) is 0 Å². The summed E-state index contributed by atoms with van der Waals surface area (Å²) in [5.41, 5.74) is 7.52. The number of hydrogen-bond donors (Lipinski definition) is 1. The van der Waals surface area contributed by atoms with Gasteiger partial charge in [0.1, 0.15) is 5.75 Å². The van der Waals surface area contributed by atoms with Gasteiger partial charge in [0.05, 0.1) is 12.8 Å². The van der Waals surface area contributed by atoms with Crippen molar-refractivity contribution in [3.8, 4) is 5.75 Å². The van der Waals surface area contributed by atoms with Crippen molar-refractivity contribution in [1.82, 2.24) is 0 Å². The van der Waals surface area contributed by atoms with Crippen LogP contribution in [0.4, 0.5) is 5.69 Å².